The summed E-state index contributed by atoms with van der Waals surface area (Å²) in [7, 11) is 1.09. The van der Waals surface area contributed by atoms with Gasteiger partial charge in [0.05, 0.1) is 13.5 Å². The van der Waals surface area contributed by atoms with Gasteiger partial charge in [0, 0.05) is 18.0 Å². The Labute approximate surface area is 124 Å². The van der Waals surface area contributed by atoms with Crippen LogP contribution in [0.1, 0.15) is 17.0 Å². The molecule has 1 saturated heterocycles. The fourth-order valence-corrected chi connectivity index (χ4v) is 2.58. The molecule has 0 radical (unpaired) electrons. The van der Waals surface area contributed by atoms with Gasteiger partial charge in [-0.05, 0) is 17.7 Å². The molecule has 1 aliphatic rings. The Morgan fingerprint density at radius 1 is 1.36 bits per heavy atom. The number of ether oxygens (including phenoxy) is 1. The van der Waals surface area contributed by atoms with Crippen molar-refractivity contribution in [2.24, 2.45) is 11.7 Å². The third-order valence-electron chi connectivity index (χ3n) is 3.52. The molecule has 1 fully saturated rings. The van der Waals surface area contributed by atoms with E-state index in [0.29, 0.717) is 0 Å². The molecular formula is C14H14F2N2O4. The maximum Gasteiger partial charge on any atom is 0.318 e. The third-order valence-corrected chi connectivity index (χ3v) is 3.52. The molecule has 0 aliphatic carbocycles. The third kappa shape index (κ3) is 2.90. The van der Waals surface area contributed by atoms with Gasteiger partial charge in [-0.15, -0.1) is 0 Å². The Morgan fingerprint density at radius 3 is 2.45 bits per heavy atom. The van der Waals surface area contributed by atoms with E-state index in [1.165, 1.54) is 0 Å². The number of nitrogens with two attached hydrogens (primary N) is 1. The van der Waals surface area contributed by atoms with Crippen molar-refractivity contribution in [3.63, 3.8) is 0 Å². The van der Waals surface area contributed by atoms with Crippen molar-refractivity contribution >= 4 is 17.8 Å². The largest absolute Gasteiger partial charge is 0.468 e. The topological polar surface area (TPSA) is 98.5 Å². The molecule has 8 heteroatoms. The standard InChI is InChI=1S/C14H14F2N2O4/c1-22-14(21)12-7(5-18-13(12)20)11-8(15)2-6(3-9(11)16)4-10(17)19/h2-3,7,12H,4-5H2,1H3,(H2,17,19)(H,18,20). The van der Waals surface area contributed by atoms with E-state index < -0.39 is 41.3 Å². The lowest BCUT2D eigenvalue weighted by molar-refractivity contribution is -0.149. The van der Waals surface area contributed by atoms with Crippen LogP contribution in [0.5, 0.6) is 0 Å². The normalized spacial score (nSPS) is 20.6. The van der Waals surface area contributed by atoms with E-state index in [2.05, 4.69) is 10.1 Å². The molecule has 1 aromatic rings. The van der Waals surface area contributed by atoms with Gasteiger partial charge in [0.25, 0.3) is 0 Å². The average molecular weight is 312 g/mol. The average Bonchev–Trinajstić information content (AvgIpc) is 2.78. The van der Waals surface area contributed by atoms with Crippen molar-refractivity contribution in [1.82, 2.24) is 5.32 Å². The van der Waals surface area contributed by atoms with E-state index in [1.54, 1.807) is 0 Å². The van der Waals surface area contributed by atoms with Crippen LogP contribution in [0.15, 0.2) is 12.1 Å². The molecule has 1 aliphatic heterocycles. The molecule has 2 amide bonds. The summed E-state index contributed by atoms with van der Waals surface area (Å²) in [5.41, 5.74) is 4.68. The van der Waals surface area contributed by atoms with Crippen LogP contribution in [0, 0.1) is 17.6 Å². The summed E-state index contributed by atoms with van der Waals surface area (Å²) in [5, 5.41) is 2.39. The van der Waals surface area contributed by atoms with Gasteiger partial charge >= 0.3 is 5.97 Å². The highest BCUT2D eigenvalue weighted by atomic mass is 19.1. The first-order valence-electron chi connectivity index (χ1n) is 6.46. The summed E-state index contributed by atoms with van der Waals surface area (Å²) in [6.45, 7) is -0.0817. The van der Waals surface area contributed by atoms with Crippen molar-refractivity contribution in [1.29, 1.82) is 0 Å². The molecule has 0 spiro atoms. The number of carbonyl (C=O) groups is 3. The smallest absolute Gasteiger partial charge is 0.318 e. The maximum atomic E-state index is 14.2. The van der Waals surface area contributed by atoms with Gasteiger partial charge in [0.15, 0.2) is 0 Å². The first-order valence-corrected chi connectivity index (χ1v) is 6.46. The van der Waals surface area contributed by atoms with Gasteiger partial charge in [0.2, 0.25) is 11.8 Å². The van der Waals surface area contributed by atoms with Crippen molar-refractivity contribution in [3.8, 4) is 0 Å². The zero-order valence-corrected chi connectivity index (χ0v) is 11.7. The van der Waals surface area contributed by atoms with Crippen LogP contribution in [0.3, 0.4) is 0 Å². The highest BCUT2D eigenvalue weighted by molar-refractivity contribution is 6.00. The molecule has 0 saturated carbocycles. The Bertz CT molecular complexity index is 625. The molecule has 22 heavy (non-hydrogen) atoms. The molecule has 1 aromatic carbocycles. The predicted octanol–water partition coefficient (Wildman–Crippen LogP) is -0.00480. The lowest BCUT2D eigenvalue weighted by Gasteiger charge is -2.17. The Morgan fingerprint density at radius 2 is 1.95 bits per heavy atom. The van der Waals surface area contributed by atoms with Crippen molar-refractivity contribution < 1.29 is 27.9 Å². The summed E-state index contributed by atoms with van der Waals surface area (Å²) in [6.07, 6.45) is -0.309. The number of esters is 1. The predicted molar refractivity (Wildman–Crippen MR) is 70.5 cm³/mol. The van der Waals surface area contributed by atoms with Gasteiger partial charge in [-0.25, -0.2) is 8.78 Å². The molecule has 2 unspecified atom stereocenters. The number of halogens is 2. The summed E-state index contributed by atoms with van der Waals surface area (Å²) in [4.78, 5) is 34.1. The Balaban J connectivity index is 2.41. The van der Waals surface area contributed by atoms with Crippen LogP contribution in [0.25, 0.3) is 0 Å². The van der Waals surface area contributed by atoms with Gasteiger partial charge in [0.1, 0.15) is 17.6 Å². The molecule has 6 nitrogen and oxygen atoms in total. The zero-order chi connectivity index (χ0) is 16.4. The van der Waals surface area contributed by atoms with Crippen LogP contribution in [-0.2, 0) is 25.5 Å². The highest BCUT2D eigenvalue weighted by Crippen LogP contribution is 2.34. The summed E-state index contributed by atoms with van der Waals surface area (Å²) >= 11 is 0. The van der Waals surface area contributed by atoms with Crippen molar-refractivity contribution in [2.45, 2.75) is 12.3 Å². The van der Waals surface area contributed by atoms with Crippen molar-refractivity contribution in [2.75, 3.05) is 13.7 Å². The van der Waals surface area contributed by atoms with Crippen LogP contribution in [-0.4, -0.2) is 31.4 Å². The second kappa shape index (κ2) is 6.08. The number of primary amides is 1. The fraction of sp³-hybridized carbons (Fsp3) is 0.357. The van der Waals surface area contributed by atoms with Crippen LogP contribution in [0.2, 0.25) is 0 Å². The summed E-state index contributed by atoms with van der Waals surface area (Å²) < 4.78 is 32.9. The highest BCUT2D eigenvalue weighted by Gasteiger charge is 2.44. The zero-order valence-electron chi connectivity index (χ0n) is 11.7. The first kappa shape index (κ1) is 15.9. The van der Waals surface area contributed by atoms with E-state index in [1.807, 2.05) is 0 Å². The maximum absolute atomic E-state index is 14.2. The van der Waals surface area contributed by atoms with Gasteiger partial charge in [-0.3, -0.25) is 14.4 Å². The molecule has 3 N–H and O–H groups in total. The molecule has 0 bridgehead atoms. The van der Waals surface area contributed by atoms with Gasteiger partial charge < -0.3 is 15.8 Å². The number of carbonyl (C=O) groups excluding carboxylic acids is 3. The number of benzene rings is 1. The molecule has 118 valence electrons. The minimum atomic E-state index is -1.31. The minimum Gasteiger partial charge on any atom is -0.468 e. The summed E-state index contributed by atoms with van der Waals surface area (Å²) in [5.74, 6) is -6.43. The number of rotatable bonds is 4. The molecule has 2 rings (SSSR count). The van der Waals surface area contributed by atoms with Gasteiger partial charge in [-0.1, -0.05) is 0 Å². The van der Waals surface area contributed by atoms with E-state index in [0.717, 1.165) is 19.2 Å². The number of amides is 2. The number of hydrogen-bond acceptors (Lipinski definition) is 4. The van der Waals surface area contributed by atoms with Crippen molar-refractivity contribution in [3.05, 3.63) is 34.9 Å². The van der Waals surface area contributed by atoms with E-state index in [-0.39, 0.29) is 24.1 Å². The number of hydrogen-bond donors (Lipinski definition) is 2. The first-order chi connectivity index (χ1) is 10.3. The lowest BCUT2D eigenvalue weighted by atomic mass is 9.87. The van der Waals surface area contributed by atoms with E-state index in [4.69, 9.17) is 5.73 Å². The van der Waals surface area contributed by atoms with Crippen LogP contribution >= 0.6 is 0 Å². The minimum absolute atomic E-state index is 0.0816. The SMILES string of the molecule is COC(=O)C1C(=O)NCC1c1c(F)cc(CC(N)=O)cc1F. The fourth-order valence-electron chi connectivity index (χ4n) is 2.58. The molecular weight excluding hydrogens is 298 g/mol. The number of methoxy groups -OCH3 is 1. The Hall–Kier alpha value is -2.51. The quantitative estimate of drug-likeness (QED) is 0.604. The summed E-state index contributed by atoms with van der Waals surface area (Å²) in [6, 6.07) is 1.95. The second-order valence-electron chi connectivity index (χ2n) is 4.97. The Kier molecular flexibility index (Phi) is 4.39. The van der Waals surface area contributed by atoms with E-state index >= 15 is 0 Å². The lowest BCUT2D eigenvalue weighted by Crippen LogP contribution is -2.28. The molecule has 1 heterocycles. The van der Waals surface area contributed by atoms with Gasteiger partial charge in [-0.2, -0.15) is 0 Å². The van der Waals surface area contributed by atoms with Crippen LogP contribution in [0.4, 0.5) is 8.78 Å². The van der Waals surface area contributed by atoms with Crippen LogP contribution < -0.4 is 11.1 Å². The second-order valence-corrected chi connectivity index (χ2v) is 4.97. The van der Waals surface area contributed by atoms with E-state index in [9.17, 15) is 23.2 Å². The molecule has 0 aromatic heterocycles. The molecule has 2 atom stereocenters. The monoisotopic (exact) mass is 312 g/mol. The number of nitrogens with one attached hydrogen (secondary N) is 1.